The first-order chi connectivity index (χ1) is 11.0. The van der Waals surface area contributed by atoms with Gasteiger partial charge in [-0.1, -0.05) is 18.2 Å². The van der Waals surface area contributed by atoms with Crippen molar-refractivity contribution in [1.82, 2.24) is 0 Å². The summed E-state index contributed by atoms with van der Waals surface area (Å²) >= 11 is 0. The second kappa shape index (κ2) is 7.51. The largest absolute Gasteiger partial charge is 0.393 e. The lowest BCUT2D eigenvalue weighted by atomic mass is 10.1. The number of nitro groups is 1. The van der Waals surface area contributed by atoms with Crippen molar-refractivity contribution in [1.29, 1.82) is 0 Å². The summed E-state index contributed by atoms with van der Waals surface area (Å²) < 4.78 is 0. The summed E-state index contributed by atoms with van der Waals surface area (Å²) in [6.45, 7) is 1.72. The summed E-state index contributed by atoms with van der Waals surface area (Å²) in [5.74, 6) is 0. The smallest absolute Gasteiger partial charge is 0.292 e. The van der Waals surface area contributed by atoms with Gasteiger partial charge in [0.15, 0.2) is 0 Å². The van der Waals surface area contributed by atoms with E-state index in [-0.39, 0.29) is 12.1 Å². The molecule has 0 aliphatic rings. The number of nitrogens with zero attached hydrogens (tertiary/aromatic N) is 1. The number of hydrogen-bond donors (Lipinski definition) is 2. The van der Waals surface area contributed by atoms with Crippen molar-refractivity contribution in [3.05, 3.63) is 63.7 Å². The molecule has 0 aliphatic carbocycles. The highest BCUT2D eigenvalue weighted by atomic mass is 16.6. The molecule has 0 saturated heterocycles. The number of nitrogens with one attached hydrogen (secondary N) is 1. The Hall–Kier alpha value is -2.73. The van der Waals surface area contributed by atoms with Crippen LogP contribution in [-0.2, 0) is 17.6 Å². The lowest BCUT2D eigenvalue weighted by molar-refractivity contribution is -0.384. The maximum Gasteiger partial charge on any atom is 0.292 e. The predicted octanol–water partition coefficient (Wildman–Crippen LogP) is 3.00. The molecular formula is C17H18N2O4. The third-order valence-corrected chi connectivity index (χ3v) is 3.34. The van der Waals surface area contributed by atoms with Crippen LogP contribution in [0.15, 0.2) is 42.5 Å². The Labute approximate surface area is 133 Å². The van der Waals surface area contributed by atoms with E-state index in [2.05, 4.69) is 5.32 Å². The highest BCUT2D eigenvalue weighted by molar-refractivity contribution is 5.71. The van der Waals surface area contributed by atoms with Crippen LogP contribution >= 0.6 is 0 Å². The van der Waals surface area contributed by atoms with Crippen molar-refractivity contribution >= 4 is 23.3 Å². The van der Waals surface area contributed by atoms with E-state index >= 15 is 0 Å². The van der Waals surface area contributed by atoms with E-state index in [4.69, 9.17) is 0 Å². The number of nitro benzene ring substituents is 1. The quantitative estimate of drug-likeness (QED) is 0.465. The molecule has 0 fully saturated rings. The minimum atomic E-state index is -0.474. The molecule has 6 heteroatoms. The van der Waals surface area contributed by atoms with Crippen LogP contribution in [0, 0.1) is 10.1 Å². The van der Waals surface area contributed by atoms with E-state index in [1.807, 2.05) is 12.1 Å². The molecule has 0 saturated carbocycles. The van der Waals surface area contributed by atoms with Gasteiger partial charge in [-0.3, -0.25) is 10.1 Å². The minimum absolute atomic E-state index is 0.0718. The van der Waals surface area contributed by atoms with E-state index < -0.39 is 11.0 Å². The van der Waals surface area contributed by atoms with Gasteiger partial charge in [-0.05, 0) is 42.7 Å². The molecule has 0 aromatic heterocycles. The Morgan fingerprint density at radius 1 is 1.22 bits per heavy atom. The van der Waals surface area contributed by atoms with Crippen LogP contribution in [0.2, 0.25) is 0 Å². The van der Waals surface area contributed by atoms with E-state index in [0.717, 1.165) is 5.56 Å². The summed E-state index contributed by atoms with van der Waals surface area (Å²) in [5.41, 5.74) is 2.60. The van der Waals surface area contributed by atoms with Gasteiger partial charge in [-0.15, -0.1) is 0 Å². The fourth-order valence-corrected chi connectivity index (χ4v) is 2.28. The molecule has 0 spiro atoms. The van der Waals surface area contributed by atoms with Crippen molar-refractivity contribution < 1.29 is 14.8 Å². The van der Waals surface area contributed by atoms with Crippen LogP contribution in [-0.4, -0.2) is 22.4 Å². The number of carbonyl (C=O) groups excluding carboxylic acids is 1. The zero-order chi connectivity index (χ0) is 16.8. The summed E-state index contributed by atoms with van der Waals surface area (Å²) in [5, 5.41) is 23.6. The Balaban J connectivity index is 2.21. The standard InChI is InChI=1S/C17H18N2O4/c1-12(21)10-13-2-5-15(6-3-13)18-16-7-4-14(8-9-20)11-17(16)19(22)23/h2-7,9,11-12,18,21H,8,10H2,1H3/t12-/m0/s1. The van der Waals surface area contributed by atoms with Crippen molar-refractivity contribution in [2.45, 2.75) is 25.9 Å². The van der Waals surface area contributed by atoms with Gasteiger partial charge < -0.3 is 15.2 Å². The van der Waals surface area contributed by atoms with Gasteiger partial charge in [-0.2, -0.15) is 0 Å². The third kappa shape index (κ3) is 4.62. The summed E-state index contributed by atoms with van der Waals surface area (Å²) in [4.78, 5) is 21.3. The molecular weight excluding hydrogens is 296 g/mol. The van der Waals surface area contributed by atoms with Crippen LogP contribution in [0.1, 0.15) is 18.1 Å². The number of rotatable bonds is 7. The second-order valence-electron chi connectivity index (χ2n) is 5.35. The maximum atomic E-state index is 11.2. The Morgan fingerprint density at radius 2 is 1.87 bits per heavy atom. The normalized spacial score (nSPS) is 11.7. The number of aliphatic hydroxyl groups excluding tert-OH is 1. The molecule has 0 radical (unpaired) electrons. The zero-order valence-electron chi connectivity index (χ0n) is 12.7. The zero-order valence-corrected chi connectivity index (χ0v) is 12.7. The van der Waals surface area contributed by atoms with Gasteiger partial charge in [0.25, 0.3) is 5.69 Å². The Kier molecular flexibility index (Phi) is 5.43. The average molecular weight is 314 g/mol. The van der Waals surface area contributed by atoms with Crippen molar-refractivity contribution in [3.63, 3.8) is 0 Å². The third-order valence-electron chi connectivity index (χ3n) is 3.34. The fourth-order valence-electron chi connectivity index (χ4n) is 2.28. The number of anilines is 2. The first-order valence-electron chi connectivity index (χ1n) is 7.24. The highest BCUT2D eigenvalue weighted by Gasteiger charge is 2.14. The van der Waals surface area contributed by atoms with Gasteiger partial charge in [0, 0.05) is 18.2 Å². The minimum Gasteiger partial charge on any atom is -0.393 e. The van der Waals surface area contributed by atoms with Gasteiger partial charge in [0.05, 0.1) is 11.0 Å². The van der Waals surface area contributed by atoms with Gasteiger partial charge in [-0.25, -0.2) is 0 Å². The van der Waals surface area contributed by atoms with Crippen LogP contribution in [0.4, 0.5) is 17.1 Å². The monoisotopic (exact) mass is 314 g/mol. The van der Waals surface area contributed by atoms with Gasteiger partial charge >= 0.3 is 0 Å². The molecule has 6 nitrogen and oxygen atoms in total. The molecule has 2 rings (SSSR count). The topological polar surface area (TPSA) is 92.5 Å². The fraction of sp³-hybridized carbons (Fsp3) is 0.235. The van der Waals surface area contributed by atoms with Crippen molar-refractivity contribution in [2.24, 2.45) is 0 Å². The van der Waals surface area contributed by atoms with Crippen molar-refractivity contribution in [2.75, 3.05) is 5.32 Å². The number of aldehydes is 1. The molecule has 0 heterocycles. The summed E-state index contributed by atoms with van der Waals surface area (Å²) in [6.07, 6.45) is 1.00. The number of benzene rings is 2. The molecule has 2 aromatic carbocycles. The van der Waals surface area contributed by atoms with E-state index in [1.165, 1.54) is 6.07 Å². The molecule has 120 valence electrons. The van der Waals surface area contributed by atoms with Crippen LogP contribution < -0.4 is 5.32 Å². The van der Waals surface area contributed by atoms with E-state index in [1.54, 1.807) is 31.2 Å². The second-order valence-corrected chi connectivity index (χ2v) is 5.35. The molecule has 2 N–H and O–H groups in total. The molecule has 0 bridgehead atoms. The first kappa shape index (κ1) is 16.6. The predicted molar refractivity (Wildman–Crippen MR) is 88.0 cm³/mol. The van der Waals surface area contributed by atoms with Crippen LogP contribution in [0.3, 0.4) is 0 Å². The number of carbonyl (C=O) groups is 1. The average Bonchev–Trinajstić information content (AvgIpc) is 2.50. The van der Waals surface area contributed by atoms with Gasteiger partial charge in [0.1, 0.15) is 12.0 Å². The van der Waals surface area contributed by atoms with Gasteiger partial charge in [0.2, 0.25) is 0 Å². The SMILES string of the molecule is C[C@H](O)Cc1ccc(Nc2ccc(CC=O)cc2[N+](=O)[O-])cc1. The van der Waals surface area contributed by atoms with Crippen LogP contribution in [0.25, 0.3) is 0 Å². The molecule has 0 amide bonds. The molecule has 23 heavy (non-hydrogen) atoms. The van der Waals surface area contributed by atoms with Crippen LogP contribution in [0.5, 0.6) is 0 Å². The summed E-state index contributed by atoms with van der Waals surface area (Å²) in [7, 11) is 0. The number of hydrogen-bond acceptors (Lipinski definition) is 5. The Morgan fingerprint density at radius 3 is 2.43 bits per heavy atom. The van der Waals surface area contributed by atoms with E-state index in [0.29, 0.717) is 29.6 Å². The van der Waals surface area contributed by atoms with E-state index in [9.17, 15) is 20.0 Å². The molecule has 1 atom stereocenters. The Bertz CT molecular complexity index is 696. The molecule has 2 aromatic rings. The lowest BCUT2D eigenvalue weighted by Crippen LogP contribution is -2.04. The highest BCUT2D eigenvalue weighted by Crippen LogP contribution is 2.29. The summed E-state index contributed by atoms with van der Waals surface area (Å²) in [6, 6.07) is 12.0. The molecule has 0 unspecified atom stereocenters. The molecule has 0 aliphatic heterocycles. The first-order valence-corrected chi connectivity index (χ1v) is 7.24. The number of aliphatic hydroxyl groups is 1. The van der Waals surface area contributed by atoms with Crippen molar-refractivity contribution in [3.8, 4) is 0 Å². The maximum absolute atomic E-state index is 11.2. The lowest BCUT2D eigenvalue weighted by Gasteiger charge is -2.10.